The van der Waals surface area contributed by atoms with Gasteiger partial charge in [-0.15, -0.1) is 0 Å². The van der Waals surface area contributed by atoms with Gasteiger partial charge >= 0.3 is 0 Å². The van der Waals surface area contributed by atoms with Crippen LogP contribution in [0.15, 0.2) is 48.8 Å². The number of hydrogen-bond acceptors (Lipinski definition) is 0. The van der Waals surface area contributed by atoms with Crippen molar-refractivity contribution < 1.29 is 22.8 Å². The standard InChI is InChI=1S/2C20H28N.3C19H26N/c1-11-10-21(9)20(18(8)12(11)2)19-16(6)14(4)13(3)15(5)17(19)7;1-11-10-19(21(9)18(8)12(11)2)20-16(6)14(4)13(3)15(5)17(20)7;1-11-9-18(16(6)15(5)13(11)3)19-17(7)14(4)12(2)10-20(19)8;1-11-9-18(16(6)15(5)13(11)3)19-10-12(2)14(4)17(7)20(19)8;1-11-9-13(3)19(16(6)14(11)4)18-10-12(2)15(5)17(7)20(18)8/h2*10H,1-9H3;3*9-10H,1-8H3/q5*+1. The minimum absolute atomic E-state index is 1.31. The van der Waals surface area contributed by atoms with E-state index in [0.717, 1.165) is 0 Å². The smallest absolute Gasteiger partial charge is 0.201 e. The molecule has 0 unspecified atom stereocenters. The molecular weight excluding hydrogens is 1240 g/mol. The minimum Gasteiger partial charge on any atom is -0.201 e. The zero-order valence-corrected chi connectivity index (χ0v) is 72.4. The van der Waals surface area contributed by atoms with Crippen molar-refractivity contribution in [2.45, 2.75) is 256 Å². The first-order valence-corrected chi connectivity index (χ1v) is 37.3. The third kappa shape index (κ3) is 15.7. The lowest BCUT2D eigenvalue weighted by atomic mass is 9.86. The van der Waals surface area contributed by atoms with Crippen LogP contribution >= 0.6 is 0 Å². The summed E-state index contributed by atoms with van der Waals surface area (Å²) in [6, 6.07) is 14.0. The monoisotopic (exact) mass is 1370 g/mol. The van der Waals surface area contributed by atoms with Crippen LogP contribution < -0.4 is 22.8 Å². The van der Waals surface area contributed by atoms with Gasteiger partial charge in [-0.25, -0.2) is 9.13 Å². The first-order chi connectivity index (χ1) is 47.1. The van der Waals surface area contributed by atoms with E-state index in [1.165, 1.54) is 263 Å². The molecule has 0 spiro atoms. The Labute approximate surface area is 621 Å². The fourth-order valence-electron chi connectivity index (χ4n) is 15.6. The van der Waals surface area contributed by atoms with Gasteiger partial charge in [0.1, 0.15) is 35.2 Å². The number of aromatic nitrogens is 5. The molecule has 542 valence electrons. The summed E-state index contributed by atoms with van der Waals surface area (Å²) in [7, 11) is 10.8. The Balaban J connectivity index is 0.000000200. The highest BCUT2D eigenvalue weighted by atomic mass is 15.0. The van der Waals surface area contributed by atoms with Crippen LogP contribution in [0.1, 0.15) is 206 Å². The summed E-state index contributed by atoms with van der Waals surface area (Å²) in [4.78, 5) is 0. The molecule has 0 N–H and O–H groups in total. The van der Waals surface area contributed by atoms with E-state index in [2.05, 4.69) is 363 Å². The number of pyridine rings is 5. The van der Waals surface area contributed by atoms with Crippen LogP contribution in [0, 0.1) is 256 Å². The second kappa shape index (κ2) is 32.2. The predicted molar refractivity (Wildman–Crippen MR) is 441 cm³/mol. The van der Waals surface area contributed by atoms with E-state index >= 15 is 0 Å². The SMILES string of the molecule is Cc1c[n+](C)c(-c2c(C)c(C)c(C)c(C)c2C)c(C)c1C.Cc1cc(-c2c(C)c(C)c(C)c(C)c2C)[n+](C)c(C)c1C.Cc1cc(-c2c(C)c(C)c(C)c[n+]2C)c(C)c(C)c1C.Cc1cc(-c2cc(C)c(C)c(C)[n+]2C)c(C)c(C)c1C.Cc1cc(C)c(-c2cc(C)c(C)c(C)[n+]2C)c(C)c1C. The van der Waals surface area contributed by atoms with Gasteiger partial charge in [0.2, 0.25) is 28.5 Å². The van der Waals surface area contributed by atoms with E-state index in [1.54, 1.807) is 0 Å². The Bertz CT molecular complexity index is 4770. The maximum Gasteiger partial charge on any atom is 0.216 e. The third-order valence-corrected chi connectivity index (χ3v) is 26.2. The highest BCUT2D eigenvalue weighted by molar-refractivity contribution is 5.75. The summed E-state index contributed by atoms with van der Waals surface area (Å²) >= 11 is 0. The normalized spacial score (nSPS) is 11.0. The molecule has 0 bridgehead atoms. The number of hydrogen-bond donors (Lipinski definition) is 0. The summed E-state index contributed by atoms with van der Waals surface area (Å²) in [5.41, 5.74) is 65.1. The van der Waals surface area contributed by atoms with Gasteiger partial charge in [-0.05, 0) is 398 Å². The van der Waals surface area contributed by atoms with Crippen molar-refractivity contribution in [3.8, 4) is 56.3 Å². The third-order valence-electron chi connectivity index (χ3n) is 26.2. The van der Waals surface area contributed by atoms with E-state index in [1.807, 2.05) is 0 Å². The molecule has 0 fully saturated rings. The summed E-state index contributed by atoms with van der Waals surface area (Å²) in [5.74, 6) is 0. The lowest BCUT2D eigenvalue weighted by Gasteiger charge is -2.19. The molecule has 0 aliphatic carbocycles. The van der Waals surface area contributed by atoms with Gasteiger partial charge in [0, 0.05) is 89.0 Å². The topological polar surface area (TPSA) is 19.4 Å². The van der Waals surface area contributed by atoms with Crippen LogP contribution in [-0.4, -0.2) is 0 Å². The van der Waals surface area contributed by atoms with Crippen LogP contribution in [0.25, 0.3) is 56.3 Å². The molecule has 0 aliphatic rings. The molecule has 0 amide bonds. The number of nitrogens with zero attached hydrogens (tertiary/aromatic N) is 5. The molecule has 10 rings (SSSR count). The first kappa shape index (κ1) is 82.8. The Morgan fingerprint density at radius 2 is 0.412 bits per heavy atom. The quantitative estimate of drug-likeness (QED) is 0.153. The summed E-state index contributed by atoms with van der Waals surface area (Å²) < 4.78 is 11.5. The summed E-state index contributed by atoms with van der Waals surface area (Å²) in [6.07, 6.45) is 4.49. The van der Waals surface area contributed by atoms with Crippen LogP contribution in [0.2, 0.25) is 0 Å². The fourth-order valence-corrected chi connectivity index (χ4v) is 15.6. The van der Waals surface area contributed by atoms with Crippen molar-refractivity contribution >= 4 is 0 Å². The zero-order valence-electron chi connectivity index (χ0n) is 72.4. The number of aryl methyl sites for hydroxylation is 11. The van der Waals surface area contributed by atoms with E-state index < -0.39 is 0 Å². The molecule has 5 aromatic heterocycles. The molecule has 0 atom stereocenters. The van der Waals surface area contributed by atoms with Crippen molar-refractivity contribution in [3.05, 3.63) is 255 Å². The van der Waals surface area contributed by atoms with Crippen LogP contribution in [0.5, 0.6) is 0 Å². The molecule has 0 radical (unpaired) electrons. The van der Waals surface area contributed by atoms with Crippen molar-refractivity contribution in [2.24, 2.45) is 35.2 Å². The number of benzene rings is 5. The van der Waals surface area contributed by atoms with Gasteiger partial charge in [0.25, 0.3) is 0 Å². The Hall–Kier alpha value is -8.15. The van der Waals surface area contributed by atoms with Gasteiger partial charge in [0.05, 0.1) is 16.7 Å². The van der Waals surface area contributed by atoms with E-state index in [9.17, 15) is 0 Å². The van der Waals surface area contributed by atoms with Crippen molar-refractivity contribution in [1.82, 2.24) is 0 Å². The average Bonchev–Trinajstić information content (AvgIpc) is 0.777. The van der Waals surface area contributed by atoms with Crippen molar-refractivity contribution in [3.63, 3.8) is 0 Å². The molecule has 0 aliphatic heterocycles. The minimum atomic E-state index is 1.31. The first-order valence-electron chi connectivity index (χ1n) is 37.3. The average molecular weight is 1370 g/mol. The fraction of sp³-hybridized carbons (Fsp3) is 0.433. The molecular formula is C97H134N5+5. The maximum atomic E-state index is 2.34. The molecule has 102 heavy (non-hydrogen) atoms. The van der Waals surface area contributed by atoms with E-state index in [-0.39, 0.29) is 0 Å². The molecule has 0 saturated heterocycles. The van der Waals surface area contributed by atoms with E-state index in [0.29, 0.717) is 0 Å². The number of rotatable bonds is 5. The van der Waals surface area contributed by atoms with Crippen molar-refractivity contribution in [1.29, 1.82) is 0 Å². The molecule has 5 heteroatoms. The van der Waals surface area contributed by atoms with Gasteiger partial charge < -0.3 is 0 Å². The van der Waals surface area contributed by atoms with Gasteiger partial charge in [0.15, 0.2) is 29.5 Å². The van der Waals surface area contributed by atoms with Gasteiger partial charge in [-0.1, -0.05) is 6.07 Å². The second-order valence-electron chi connectivity index (χ2n) is 31.4. The van der Waals surface area contributed by atoms with Gasteiger partial charge in [-0.3, -0.25) is 0 Å². The van der Waals surface area contributed by atoms with E-state index in [4.69, 9.17) is 0 Å². The zero-order chi connectivity index (χ0) is 77.7. The molecule has 10 aromatic rings. The van der Waals surface area contributed by atoms with Crippen molar-refractivity contribution in [2.75, 3.05) is 0 Å². The highest BCUT2D eigenvalue weighted by Gasteiger charge is 2.28. The summed E-state index contributed by atoms with van der Waals surface area (Å²) in [5, 5.41) is 0. The Morgan fingerprint density at radius 1 is 0.167 bits per heavy atom. The molecule has 0 saturated carbocycles. The maximum absolute atomic E-state index is 2.34. The van der Waals surface area contributed by atoms with Gasteiger partial charge in [-0.2, -0.15) is 13.7 Å². The second-order valence-corrected chi connectivity index (χ2v) is 31.4. The Kier molecular flexibility index (Phi) is 26.2. The summed E-state index contributed by atoms with van der Waals surface area (Å²) in [6.45, 7) is 82.4. The molecule has 5 aromatic carbocycles. The predicted octanol–water partition coefficient (Wildman–Crippen LogP) is 22.3. The van der Waals surface area contributed by atoms with Crippen LogP contribution in [-0.2, 0) is 35.2 Å². The largest absolute Gasteiger partial charge is 0.216 e. The molecule has 5 nitrogen and oxygen atoms in total. The van der Waals surface area contributed by atoms with Crippen LogP contribution in [0.4, 0.5) is 0 Å². The molecule has 5 heterocycles. The highest BCUT2D eigenvalue weighted by Crippen LogP contribution is 2.38. The van der Waals surface area contributed by atoms with Crippen LogP contribution in [0.3, 0.4) is 0 Å². The Morgan fingerprint density at radius 3 is 0.804 bits per heavy atom. The lowest BCUT2D eigenvalue weighted by Crippen LogP contribution is -2.36. The lowest BCUT2D eigenvalue weighted by molar-refractivity contribution is -0.667.